The Hall–Kier alpha value is -3.24. The summed E-state index contributed by atoms with van der Waals surface area (Å²) in [5, 5.41) is 9.19. The normalized spacial score (nSPS) is 10.5. The summed E-state index contributed by atoms with van der Waals surface area (Å²) in [7, 11) is 0. The van der Waals surface area contributed by atoms with Gasteiger partial charge in [-0.05, 0) is 37.3 Å². The van der Waals surface area contributed by atoms with E-state index in [0.29, 0.717) is 15.8 Å². The first-order valence-corrected chi connectivity index (χ1v) is 9.40. The molecule has 0 saturated carbocycles. The number of esters is 1. The molecule has 1 aromatic heterocycles. The zero-order chi connectivity index (χ0) is 20.1. The number of rotatable bonds is 6. The standard InChI is InChI=1S/C21H17FN2O3S/c1-14-6-8-15(9-7-14)24(11-3-10-23)20(25)13-27-21(26)19-12-16-17(22)4-2-5-18(16)28-19/h2,4-9,12H,3,11,13H2,1H3. The van der Waals surface area contributed by atoms with Crippen molar-refractivity contribution < 1.29 is 18.7 Å². The second kappa shape index (κ2) is 8.63. The van der Waals surface area contributed by atoms with Crippen molar-refractivity contribution >= 4 is 39.0 Å². The van der Waals surface area contributed by atoms with Gasteiger partial charge >= 0.3 is 5.97 Å². The van der Waals surface area contributed by atoms with E-state index in [1.165, 1.54) is 17.0 Å². The summed E-state index contributed by atoms with van der Waals surface area (Å²) in [6.07, 6.45) is 0.156. The van der Waals surface area contributed by atoms with Crippen molar-refractivity contribution in [1.82, 2.24) is 0 Å². The van der Waals surface area contributed by atoms with Crippen LogP contribution >= 0.6 is 11.3 Å². The van der Waals surface area contributed by atoms with Gasteiger partial charge in [0.2, 0.25) is 0 Å². The summed E-state index contributed by atoms with van der Waals surface area (Å²) < 4.78 is 19.6. The number of fused-ring (bicyclic) bond motifs is 1. The van der Waals surface area contributed by atoms with Crippen molar-refractivity contribution in [3.05, 3.63) is 64.8 Å². The highest BCUT2D eigenvalue weighted by atomic mass is 32.1. The number of halogens is 1. The summed E-state index contributed by atoms with van der Waals surface area (Å²) >= 11 is 1.11. The number of carbonyl (C=O) groups excluding carboxylic acids is 2. The fourth-order valence-corrected chi connectivity index (χ4v) is 3.66. The van der Waals surface area contributed by atoms with E-state index in [4.69, 9.17) is 10.00 Å². The number of aryl methyl sites for hydroxylation is 1. The molecule has 28 heavy (non-hydrogen) atoms. The van der Waals surface area contributed by atoms with Crippen LogP contribution in [0, 0.1) is 24.1 Å². The fourth-order valence-electron chi connectivity index (χ4n) is 2.69. The van der Waals surface area contributed by atoms with E-state index in [9.17, 15) is 14.0 Å². The molecule has 1 heterocycles. The molecule has 0 fully saturated rings. The molecule has 1 amide bonds. The Kier molecular flexibility index (Phi) is 6.02. The maximum atomic E-state index is 13.8. The topological polar surface area (TPSA) is 70.4 Å². The number of hydrogen-bond donors (Lipinski definition) is 0. The quantitative estimate of drug-likeness (QED) is 0.577. The number of carbonyl (C=O) groups is 2. The Morgan fingerprint density at radius 1 is 1.21 bits per heavy atom. The first-order chi connectivity index (χ1) is 13.5. The third kappa shape index (κ3) is 4.35. The van der Waals surface area contributed by atoms with Gasteiger partial charge in [-0.25, -0.2) is 9.18 Å². The first kappa shape index (κ1) is 19.5. The van der Waals surface area contributed by atoms with E-state index < -0.39 is 24.3 Å². The number of hydrogen-bond acceptors (Lipinski definition) is 5. The largest absolute Gasteiger partial charge is 0.451 e. The Morgan fingerprint density at radius 2 is 1.96 bits per heavy atom. The molecule has 0 atom stereocenters. The monoisotopic (exact) mass is 396 g/mol. The van der Waals surface area contributed by atoms with Crippen LogP contribution in [0.2, 0.25) is 0 Å². The smallest absolute Gasteiger partial charge is 0.348 e. The van der Waals surface area contributed by atoms with Crippen LogP contribution in [0.25, 0.3) is 10.1 Å². The highest BCUT2D eigenvalue weighted by Crippen LogP contribution is 2.28. The lowest BCUT2D eigenvalue weighted by Gasteiger charge is -2.21. The molecule has 3 rings (SSSR count). The molecule has 0 aliphatic heterocycles. The number of nitriles is 1. The van der Waals surface area contributed by atoms with Crippen LogP contribution in [0.4, 0.5) is 10.1 Å². The van der Waals surface area contributed by atoms with Crippen molar-refractivity contribution in [2.45, 2.75) is 13.3 Å². The third-order valence-corrected chi connectivity index (χ3v) is 5.21. The molecule has 0 spiro atoms. The zero-order valence-corrected chi connectivity index (χ0v) is 16.0. The molecule has 3 aromatic rings. The SMILES string of the molecule is Cc1ccc(N(CCC#N)C(=O)COC(=O)c2cc3c(F)cccc3s2)cc1. The average Bonchev–Trinajstić information content (AvgIpc) is 3.13. The lowest BCUT2D eigenvalue weighted by Crippen LogP contribution is -2.35. The van der Waals surface area contributed by atoms with Crippen LogP contribution in [0.5, 0.6) is 0 Å². The Bertz CT molecular complexity index is 1050. The summed E-state index contributed by atoms with van der Waals surface area (Å²) in [4.78, 5) is 26.5. The molecular weight excluding hydrogens is 379 g/mol. The first-order valence-electron chi connectivity index (χ1n) is 8.59. The molecule has 7 heteroatoms. The van der Waals surface area contributed by atoms with Crippen LogP contribution in [-0.4, -0.2) is 25.0 Å². The van der Waals surface area contributed by atoms with E-state index in [2.05, 4.69) is 0 Å². The van der Waals surface area contributed by atoms with Gasteiger partial charge in [0.25, 0.3) is 5.91 Å². The van der Waals surface area contributed by atoms with Gasteiger partial charge in [0.15, 0.2) is 6.61 Å². The highest BCUT2D eigenvalue weighted by Gasteiger charge is 2.19. The number of nitrogens with zero attached hydrogens (tertiary/aromatic N) is 2. The van der Waals surface area contributed by atoms with Gasteiger partial charge < -0.3 is 9.64 Å². The summed E-state index contributed by atoms with van der Waals surface area (Å²) in [6.45, 7) is 1.67. The molecule has 0 saturated heterocycles. The third-order valence-electron chi connectivity index (χ3n) is 4.13. The molecule has 0 aliphatic carbocycles. The number of anilines is 1. The van der Waals surface area contributed by atoms with Gasteiger partial charge in [0.1, 0.15) is 10.7 Å². The van der Waals surface area contributed by atoms with Crippen LogP contribution in [-0.2, 0) is 9.53 Å². The van der Waals surface area contributed by atoms with Gasteiger partial charge in [-0.3, -0.25) is 4.79 Å². The Balaban J connectivity index is 1.70. The van der Waals surface area contributed by atoms with E-state index in [0.717, 1.165) is 16.9 Å². The summed E-state index contributed by atoms with van der Waals surface area (Å²) in [6, 6.07) is 15.3. The van der Waals surface area contributed by atoms with Crippen LogP contribution in [0.15, 0.2) is 48.5 Å². The molecule has 5 nitrogen and oxygen atoms in total. The predicted octanol–water partition coefficient (Wildman–Crippen LogP) is 4.45. The maximum absolute atomic E-state index is 13.8. The zero-order valence-electron chi connectivity index (χ0n) is 15.1. The number of amides is 1. The lowest BCUT2D eigenvalue weighted by molar-refractivity contribution is -0.121. The lowest BCUT2D eigenvalue weighted by atomic mass is 10.2. The van der Waals surface area contributed by atoms with Gasteiger partial charge in [0.05, 0.1) is 12.5 Å². The molecule has 0 bridgehead atoms. The molecule has 0 aliphatic rings. The average molecular weight is 396 g/mol. The molecule has 142 valence electrons. The maximum Gasteiger partial charge on any atom is 0.348 e. The van der Waals surface area contributed by atoms with E-state index in [1.807, 2.05) is 25.1 Å². The number of benzene rings is 2. The Labute approximate surface area is 165 Å². The molecule has 2 aromatic carbocycles. The summed E-state index contributed by atoms with van der Waals surface area (Å²) in [5.41, 5.74) is 1.67. The molecule has 0 radical (unpaired) electrons. The van der Waals surface area contributed by atoms with Crippen molar-refractivity contribution in [2.24, 2.45) is 0 Å². The molecule has 0 N–H and O–H groups in total. The van der Waals surface area contributed by atoms with E-state index in [-0.39, 0.29) is 17.8 Å². The van der Waals surface area contributed by atoms with Gasteiger partial charge in [0, 0.05) is 22.3 Å². The minimum Gasteiger partial charge on any atom is -0.451 e. The van der Waals surface area contributed by atoms with Gasteiger partial charge in [-0.15, -0.1) is 11.3 Å². The molecular formula is C21H17FN2O3S. The van der Waals surface area contributed by atoms with Crippen LogP contribution in [0.1, 0.15) is 21.7 Å². The number of ether oxygens (including phenoxy) is 1. The van der Waals surface area contributed by atoms with Crippen molar-refractivity contribution in [2.75, 3.05) is 18.1 Å². The highest BCUT2D eigenvalue weighted by molar-refractivity contribution is 7.20. The van der Waals surface area contributed by atoms with E-state index >= 15 is 0 Å². The fraction of sp³-hybridized carbons (Fsp3) is 0.190. The van der Waals surface area contributed by atoms with Crippen LogP contribution < -0.4 is 4.90 Å². The van der Waals surface area contributed by atoms with Crippen molar-refractivity contribution in [3.63, 3.8) is 0 Å². The second-order valence-corrected chi connectivity index (χ2v) is 7.21. The van der Waals surface area contributed by atoms with Crippen LogP contribution in [0.3, 0.4) is 0 Å². The second-order valence-electron chi connectivity index (χ2n) is 6.13. The minimum absolute atomic E-state index is 0.156. The summed E-state index contributed by atoms with van der Waals surface area (Å²) in [5.74, 6) is -1.52. The van der Waals surface area contributed by atoms with Gasteiger partial charge in [-0.1, -0.05) is 23.8 Å². The van der Waals surface area contributed by atoms with Crippen molar-refractivity contribution in [1.29, 1.82) is 5.26 Å². The Morgan fingerprint density at radius 3 is 2.64 bits per heavy atom. The van der Waals surface area contributed by atoms with Gasteiger partial charge in [-0.2, -0.15) is 5.26 Å². The predicted molar refractivity (Wildman–Crippen MR) is 106 cm³/mol. The van der Waals surface area contributed by atoms with E-state index in [1.54, 1.807) is 24.3 Å². The number of thiophene rings is 1. The van der Waals surface area contributed by atoms with Crippen molar-refractivity contribution in [3.8, 4) is 6.07 Å². The minimum atomic E-state index is -0.682. The molecule has 0 unspecified atom stereocenters.